The lowest BCUT2D eigenvalue weighted by molar-refractivity contribution is -0.384. The van der Waals surface area contributed by atoms with Crippen molar-refractivity contribution < 1.29 is 14.5 Å². The number of thiocarbonyl (C=S) groups is 1. The van der Waals surface area contributed by atoms with E-state index in [4.69, 9.17) is 17.0 Å². The van der Waals surface area contributed by atoms with E-state index in [9.17, 15) is 14.9 Å². The Kier molecular flexibility index (Phi) is 5.85. The fourth-order valence-corrected chi connectivity index (χ4v) is 1.70. The number of benzene rings is 1. The summed E-state index contributed by atoms with van der Waals surface area (Å²) in [5.41, 5.74) is 0.222. The quantitative estimate of drug-likeness (QED) is 0.491. The van der Waals surface area contributed by atoms with Crippen LogP contribution in [-0.4, -0.2) is 23.1 Å². The van der Waals surface area contributed by atoms with Crippen molar-refractivity contribution in [3.05, 3.63) is 28.3 Å². The van der Waals surface area contributed by atoms with Crippen LogP contribution < -0.4 is 15.4 Å². The molecule has 0 saturated heterocycles. The normalized spacial score (nSPS) is 9.70. The van der Waals surface area contributed by atoms with Crippen LogP contribution in [0.3, 0.4) is 0 Å². The van der Waals surface area contributed by atoms with E-state index in [2.05, 4.69) is 10.6 Å². The predicted octanol–water partition coefficient (Wildman–Crippen LogP) is 2.22. The Morgan fingerprint density at radius 3 is 2.75 bits per heavy atom. The topological polar surface area (TPSA) is 93.5 Å². The van der Waals surface area contributed by atoms with Gasteiger partial charge in [-0.25, -0.2) is 0 Å². The molecule has 7 nitrogen and oxygen atoms in total. The van der Waals surface area contributed by atoms with Crippen molar-refractivity contribution in [2.75, 3.05) is 12.4 Å². The molecule has 1 rings (SSSR count). The van der Waals surface area contributed by atoms with E-state index in [-0.39, 0.29) is 16.7 Å². The summed E-state index contributed by atoms with van der Waals surface area (Å²) < 4.78 is 5.08. The van der Waals surface area contributed by atoms with Gasteiger partial charge in [0.25, 0.3) is 5.69 Å². The third-order valence-electron chi connectivity index (χ3n) is 2.37. The summed E-state index contributed by atoms with van der Waals surface area (Å²) in [6.45, 7) is 1.87. The Bertz CT molecular complexity index is 533. The first-order valence-electron chi connectivity index (χ1n) is 5.91. The fraction of sp³-hybridized carbons (Fsp3) is 0.333. The average Bonchev–Trinajstić information content (AvgIpc) is 2.38. The zero-order chi connectivity index (χ0) is 15.1. The summed E-state index contributed by atoms with van der Waals surface area (Å²) in [6, 6.07) is 4.07. The highest BCUT2D eigenvalue weighted by Crippen LogP contribution is 2.28. The van der Waals surface area contributed by atoms with Crippen LogP contribution in [0.25, 0.3) is 0 Å². The molecule has 0 bridgehead atoms. The second-order valence-corrected chi connectivity index (χ2v) is 4.30. The number of amides is 1. The predicted molar refractivity (Wildman–Crippen MR) is 78.9 cm³/mol. The van der Waals surface area contributed by atoms with Gasteiger partial charge < -0.3 is 15.4 Å². The highest BCUT2D eigenvalue weighted by Gasteiger charge is 2.13. The Hall–Kier alpha value is -2.22. The molecular formula is C12H15N3O4S. The van der Waals surface area contributed by atoms with Crippen LogP contribution in [0.15, 0.2) is 18.2 Å². The molecule has 0 unspecified atom stereocenters. The highest BCUT2D eigenvalue weighted by molar-refractivity contribution is 7.80. The molecule has 20 heavy (non-hydrogen) atoms. The molecule has 0 atom stereocenters. The Balaban J connectivity index is 2.84. The number of hydrogen-bond donors (Lipinski definition) is 2. The van der Waals surface area contributed by atoms with Crippen LogP contribution in [0.2, 0.25) is 0 Å². The van der Waals surface area contributed by atoms with E-state index in [0.717, 1.165) is 0 Å². The summed E-state index contributed by atoms with van der Waals surface area (Å²) >= 11 is 4.97. The van der Waals surface area contributed by atoms with Crippen molar-refractivity contribution in [3.8, 4) is 5.75 Å². The van der Waals surface area contributed by atoms with Crippen LogP contribution in [-0.2, 0) is 4.79 Å². The molecule has 0 aromatic heterocycles. The Morgan fingerprint density at radius 1 is 1.50 bits per heavy atom. The third-order valence-corrected chi connectivity index (χ3v) is 2.58. The number of carbonyl (C=O) groups excluding carboxylic acids is 1. The van der Waals surface area contributed by atoms with Gasteiger partial charge in [-0.3, -0.25) is 14.9 Å². The standard InChI is InChI=1S/C12H15N3O4S/c1-3-4-11(16)14-12(20)13-9-7-8(15(17)18)5-6-10(9)19-2/h5-7H,3-4H2,1-2H3,(H2,13,14,16,20). The van der Waals surface area contributed by atoms with Crippen molar-refractivity contribution >= 4 is 34.6 Å². The molecule has 1 amide bonds. The zero-order valence-electron chi connectivity index (χ0n) is 11.1. The smallest absolute Gasteiger partial charge is 0.271 e. The van der Waals surface area contributed by atoms with Crippen LogP contribution in [0.1, 0.15) is 19.8 Å². The summed E-state index contributed by atoms with van der Waals surface area (Å²) in [5.74, 6) is 0.178. The first kappa shape index (κ1) is 15.8. The maximum absolute atomic E-state index is 11.4. The summed E-state index contributed by atoms with van der Waals surface area (Å²) in [6.07, 6.45) is 1.06. The molecule has 0 heterocycles. The zero-order valence-corrected chi connectivity index (χ0v) is 12.0. The van der Waals surface area contributed by atoms with Crippen molar-refractivity contribution in [1.29, 1.82) is 0 Å². The van der Waals surface area contributed by atoms with E-state index in [0.29, 0.717) is 24.3 Å². The number of anilines is 1. The lowest BCUT2D eigenvalue weighted by Gasteiger charge is -2.12. The average molecular weight is 297 g/mol. The number of ether oxygens (including phenoxy) is 1. The number of non-ortho nitro benzene ring substituents is 1. The van der Waals surface area contributed by atoms with E-state index in [1.54, 1.807) is 0 Å². The van der Waals surface area contributed by atoms with Crippen LogP contribution in [0, 0.1) is 10.1 Å². The molecule has 0 fully saturated rings. The number of hydrogen-bond acceptors (Lipinski definition) is 5. The molecule has 108 valence electrons. The number of methoxy groups -OCH3 is 1. The molecule has 1 aromatic carbocycles. The van der Waals surface area contributed by atoms with Gasteiger partial charge >= 0.3 is 0 Å². The summed E-state index contributed by atoms with van der Waals surface area (Å²) in [4.78, 5) is 21.6. The highest BCUT2D eigenvalue weighted by atomic mass is 32.1. The SMILES string of the molecule is CCCC(=O)NC(=S)Nc1cc([N+](=O)[O-])ccc1OC. The van der Waals surface area contributed by atoms with E-state index in [1.807, 2.05) is 6.92 Å². The van der Waals surface area contributed by atoms with Crippen molar-refractivity contribution in [1.82, 2.24) is 5.32 Å². The van der Waals surface area contributed by atoms with Crippen LogP contribution in [0.4, 0.5) is 11.4 Å². The maximum atomic E-state index is 11.4. The molecule has 0 radical (unpaired) electrons. The lowest BCUT2D eigenvalue weighted by atomic mass is 10.2. The van der Waals surface area contributed by atoms with Gasteiger partial charge in [0.05, 0.1) is 17.7 Å². The van der Waals surface area contributed by atoms with Gasteiger partial charge in [-0.2, -0.15) is 0 Å². The molecule has 8 heteroatoms. The molecule has 2 N–H and O–H groups in total. The van der Waals surface area contributed by atoms with Gasteiger partial charge in [-0.05, 0) is 24.7 Å². The molecule has 0 aliphatic heterocycles. The van der Waals surface area contributed by atoms with Gasteiger partial charge in [0.2, 0.25) is 5.91 Å². The molecule has 0 aliphatic carbocycles. The van der Waals surface area contributed by atoms with Crippen molar-refractivity contribution in [2.24, 2.45) is 0 Å². The van der Waals surface area contributed by atoms with Crippen LogP contribution in [0.5, 0.6) is 5.75 Å². The maximum Gasteiger partial charge on any atom is 0.271 e. The van der Waals surface area contributed by atoms with Gasteiger partial charge in [0.15, 0.2) is 5.11 Å². The second-order valence-electron chi connectivity index (χ2n) is 3.89. The Labute approximate surface area is 121 Å². The molecule has 0 saturated carbocycles. The number of nitrogens with zero attached hydrogens (tertiary/aromatic N) is 1. The van der Waals surface area contributed by atoms with Crippen molar-refractivity contribution in [2.45, 2.75) is 19.8 Å². The van der Waals surface area contributed by atoms with E-state index >= 15 is 0 Å². The third kappa shape index (κ3) is 4.47. The molecule has 1 aromatic rings. The number of rotatable bonds is 5. The van der Waals surface area contributed by atoms with E-state index < -0.39 is 4.92 Å². The van der Waals surface area contributed by atoms with E-state index in [1.165, 1.54) is 25.3 Å². The minimum atomic E-state index is -0.524. The monoisotopic (exact) mass is 297 g/mol. The van der Waals surface area contributed by atoms with Gasteiger partial charge in [0.1, 0.15) is 5.75 Å². The number of nitro benzene ring substituents is 1. The van der Waals surface area contributed by atoms with Crippen LogP contribution >= 0.6 is 12.2 Å². The molecule has 0 spiro atoms. The van der Waals surface area contributed by atoms with Gasteiger partial charge in [-0.15, -0.1) is 0 Å². The van der Waals surface area contributed by atoms with Gasteiger partial charge in [-0.1, -0.05) is 6.92 Å². The first-order chi connectivity index (χ1) is 9.47. The lowest BCUT2D eigenvalue weighted by Crippen LogP contribution is -2.33. The minimum absolute atomic E-state index is 0.0715. The van der Waals surface area contributed by atoms with Gasteiger partial charge in [0, 0.05) is 18.6 Å². The second kappa shape index (κ2) is 7.39. The molecular weight excluding hydrogens is 282 g/mol. The number of nitro groups is 1. The fourth-order valence-electron chi connectivity index (χ4n) is 1.48. The number of nitrogens with one attached hydrogen (secondary N) is 2. The van der Waals surface area contributed by atoms with Crippen molar-refractivity contribution in [3.63, 3.8) is 0 Å². The number of carbonyl (C=O) groups is 1. The molecule has 0 aliphatic rings. The summed E-state index contributed by atoms with van der Waals surface area (Å²) in [5, 5.41) is 16.0. The Morgan fingerprint density at radius 2 is 2.20 bits per heavy atom. The summed E-state index contributed by atoms with van der Waals surface area (Å²) in [7, 11) is 1.44. The minimum Gasteiger partial charge on any atom is -0.495 e. The largest absolute Gasteiger partial charge is 0.495 e. The first-order valence-corrected chi connectivity index (χ1v) is 6.32.